The lowest BCUT2D eigenvalue weighted by Gasteiger charge is -2.41. The van der Waals surface area contributed by atoms with Crippen LogP contribution in [0.15, 0.2) is 18.2 Å². The zero-order valence-electron chi connectivity index (χ0n) is 12.3. The van der Waals surface area contributed by atoms with E-state index in [1.54, 1.807) is 0 Å². The lowest BCUT2D eigenvalue weighted by Crippen LogP contribution is -2.48. The molecule has 1 rings (SSSR count). The van der Waals surface area contributed by atoms with E-state index in [-0.39, 0.29) is 5.54 Å². The van der Waals surface area contributed by atoms with Crippen LogP contribution < -0.4 is 5.32 Å². The SMILES string of the molecule is CNC(c1cc(C)ccc1C)C(C)(C)N(C)C. The fourth-order valence-corrected chi connectivity index (χ4v) is 2.22. The van der Waals surface area contributed by atoms with Crippen molar-refractivity contribution in [2.45, 2.75) is 39.3 Å². The molecule has 0 aliphatic heterocycles. The van der Waals surface area contributed by atoms with Gasteiger partial charge in [0.05, 0.1) is 6.04 Å². The van der Waals surface area contributed by atoms with Crippen LogP contribution in [-0.4, -0.2) is 31.6 Å². The number of hydrogen-bond acceptors (Lipinski definition) is 2. The van der Waals surface area contributed by atoms with Gasteiger partial charge in [0.2, 0.25) is 0 Å². The molecule has 0 amide bonds. The fourth-order valence-electron chi connectivity index (χ4n) is 2.22. The van der Waals surface area contributed by atoms with E-state index in [1.165, 1.54) is 16.7 Å². The Hall–Kier alpha value is -0.860. The van der Waals surface area contributed by atoms with Gasteiger partial charge in [0, 0.05) is 5.54 Å². The van der Waals surface area contributed by atoms with Crippen molar-refractivity contribution in [3.63, 3.8) is 0 Å². The van der Waals surface area contributed by atoms with Gasteiger partial charge >= 0.3 is 0 Å². The maximum absolute atomic E-state index is 3.47. The fraction of sp³-hybridized carbons (Fsp3) is 0.600. The first-order chi connectivity index (χ1) is 7.80. The average molecular weight is 234 g/mol. The molecule has 1 N–H and O–H groups in total. The Bertz CT molecular complexity index is 381. The molecule has 0 saturated carbocycles. The summed E-state index contributed by atoms with van der Waals surface area (Å²) in [7, 11) is 6.31. The van der Waals surface area contributed by atoms with Crippen LogP contribution in [0.25, 0.3) is 0 Å². The maximum atomic E-state index is 3.47. The molecule has 1 atom stereocenters. The van der Waals surface area contributed by atoms with E-state index in [1.807, 2.05) is 7.05 Å². The van der Waals surface area contributed by atoms with Crippen LogP contribution in [0, 0.1) is 13.8 Å². The van der Waals surface area contributed by atoms with Gasteiger partial charge in [-0.15, -0.1) is 0 Å². The zero-order chi connectivity index (χ0) is 13.2. The molecule has 0 saturated heterocycles. The summed E-state index contributed by atoms with van der Waals surface area (Å²) in [4.78, 5) is 2.27. The lowest BCUT2D eigenvalue weighted by atomic mass is 9.85. The molecular formula is C15H26N2. The second kappa shape index (κ2) is 5.19. The van der Waals surface area contributed by atoms with Crippen molar-refractivity contribution < 1.29 is 0 Å². The monoisotopic (exact) mass is 234 g/mol. The van der Waals surface area contributed by atoms with Gasteiger partial charge in [0.15, 0.2) is 0 Å². The minimum Gasteiger partial charge on any atom is -0.311 e. The van der Waals surface area contributed by atoms with Crippen molar-refractivity contribution in [1.82, 2.24) is 10.2 Å². The third-order valence-corrected chi connectivity index (χ3v) is 3.89. The van der Waals surface area contributed by atoms with E-state index in [9.17, 15) is 0 Å². The Kier molecular flexibility index (Phi) is 4.34. The second-order valence-electron chi connectivity index (χ2n) is 5.63. The summed E-state index contributed by atoms with van der Waals surface area (Å²) in [5, 5.41) is 3.47. The molecule has 0 bridgehead atoms. The highest BCUT2D eigenvalue weighted by Crippen LogP contribution is 2.31. The number of likely N-dealkylation sites (N-methyl/N-ethyl adjacent to an activating group) is 2. The Labute approximate surface area is 106 Å². The Balaban J connectivity index is 3.22. The van der Waals surface area contributed by atoms with E-state index < -0.39 is 0 Å². The van der Waals surface area contributed by atoms with Crippen molar-refractivity contribution in [2.75, 3.05) is 21.1 Å². The molecule has 2 nitrogen and oxygen atoms in total. The molecule has 0 aromatic heterocycles. The van der Waals surface area contributed by atoms with Crippen molar-refractivity contribution in [1.29, 1.82) is 0 Å². The average Bonchev–Trinajstić information content (AvgIpc) is 2.23. The normalized spacial score (nSPS) is 14.1. The van der Waals surface area contributed by atoms with Crippen LogP contribution in [0.2, 0.25) is 0 Å². The maximum Gasteiger partial charge on any atom is 0.0501 e. The molecule has 0 fully saturated rings. The Morgan fingerprint density at radius 3 is 2.24 bits per heavy atom. The van der Waals surface area contributed by atoms with Crippen LogP contribution in [0.3, 0.4) is 0 Å². The summed E-state index contributed by atoms with van der Waals surface area (Å²) >= 11 is 0. The van der Waals surface area contributed by atoms with Crippen LogP contribution in [-0.2, 0) is 0 Å². The highest BCUT2D eigenvalue weighted by atomic mass is 15.2. The Morgan fingerprint density at radius 1 is 1.18 bits per heavy atom. The quantitative estimate of drug-likeness (QED) is 0.862. The largest absolute Gasteiger partial charge is 0.311 e. The van der Waals surface area contributed by atoms with Crippen molar-refractivity contribution in [3.8, 4) is 0 Å². The van der Waals surface area contributed by atoms with Gasteiger partial charge < -0.3 is 10.2 Å². The van der Waals surface area contributed by atoms with Crippen molar-refractivity contribution >= 4 is 0 Å². The number of aryl methyl sites for hydroxylation is 2. The van der Waals surface area contributed by atoms with Crippen LogP contribution >= 0.6 is 0 Å². The summed E-state index contributed by atoms with van der Waals surface area (Å²) in [6, 6.07) is 7.01. The minimum absolute atomic E-state index is 0.0767. The van der Waals surface area contributed by atoms with Gasteiger partial charge in [-0.25, -0.2) is 0 Å². The summed E-state index contributed by atoms with van der Waals surface area (Å²) in [6.07, 6.45) is 0. The molecule has 0 spiro atoms. The summed E-state index contributed by atoms with van der Waals surface area (Å²) in [5.74, 6) is 0. The third kappa shape index (κ3) is 2.88. The van der Waals surface area contributed by atoms with E-state index in [4.69, 9.17) is 0 Å². The first-order valence-corrected chi connectivity index (χ1v) is 6.22. The first kappa shape index (κ1) is 14.2. The summed E-state index contributed by atoms with van der Waals surface area (Å²) in [6.45, 7) is 8.88. The molecular weight excluding hydrogens is 208 g/mol. The molecule has 96 valence electrons. The van der Waals surface area contributed by atoms with Crippen molar-refractivity contribution in [3.05, 3.63) is 34.9 Å². The van der Waals surface area contributed by atoms with Crippen molar-refractivity contribution in [2.24, 2.45) is 0 Å². The predicted octanol–water partition coefficient (Wildman–Crippen LogP) is 2.90. The molecule has 0 radical (unpaired) electrons. The minimum atomic E-state index is 0.0767. The highest BCUT2D eigenvalue weighted by Gasteiger charge is 2.32. The molecule has 2 heteroatoms. The number of nitrogens with zero attached hydrogens (tertiary/aromatic N) is 1. The van der Waals surface area contributed by atoms with Gasteiger partial charge in [-0.3, -0.25) is 0 Å². The first-order valence-electron chi connectivity index (χ1n) is 6.22. The van der Waals surface area contributed by atoms with E-state index in [0.717, 1.165) is 0 Å². The van der Waals surface area contributed by atoms with Crippen LogP contribution in [0.4, 0.5) is 0 Å². The highest BCUT2D eigenvalue weighted by molar-refractivity contribution is 5.34. The van der Waals surface area contributed by atoms with Gasteiger partial charge in [0.25, 0.3) is 0 Å². The molecule has 0 heterocycles. The lowest BCUT2D eigenvalue weighted by molar-refractivity contribution is 0.142. The summed E-state index contributed by atoms with van der Waals surface area (Å²) < 4.78 is 0. The van der Waals surface area contributed by atoms with E-state index in [2.05, 4.69) is 70.2 Å². The molecule has 1 aromatic carbocycles. The Morgan fingerprint density at radius 2 is 1.76 bits per heavy atom. The van der Waals surface area contributed by atoms with Gasteiger partial charge in [-0.2, -0.15) is 0 Å². The molecule has 1 unspecified atom stereocenters. The predicted molar refractivity (Wildman–Crippen MR) is 75.5 cm³/mol. The molecule has 0 aliphatic carbocycles. The van der Waals surface area contributed by atoms with Gasteiger partial charge in [-0.1, -0.05) is 23.8 Å². The van der Waals surface area contributed by atoms with Gasteiger partial charge in [-0.05, 0) is 60.0 Å². The number of hydrogen-bond donors (Lipinski definition) is 1. The number of benzene rings is 1. The van der Waals surface area contributed by atoms with Crippen LogP contribution in [0.1, 0.15) is 36.6 Å². The summed E-state index contributed by atoms with van der Waals surface area (Å²) in [5.41, 5.74) is 4.14. The van der Waals surface area contributed by atoms with E-state index in [0.29, 0.717) is 6.04 Å². The van der Waals surface area contributed by atoms with Gasteiger partial charge in [0.1, 0.15) is 0 Å². The standard InChI is InChI=1S/C15H26N2/c1-11-8-9-12(2)13(10-11)14(16-5)15(3,4)17(6)7/h8-10,14,16H,1-7H3. The van der Waals surface area contributed by atoms with E-state index >= 15 is 0 Å². The second-order valence-corrected chi connectivity index (χ2v) is 5.63. The van der Waals surface area contributed by atoms with Crippen LogP contribution in [0.5, 0.6) is 0 Å². The molecule has 1 aromatic rings. The smallest absolute Gasteiger partial charge is 0.0501 e. The zero-order valence-corrected chi connectivity index (χ0v) is 12.3. The number of rotatable bonds is 4. The number of nitrogens with one attached hydrogen (secondary N) is 1. The molecule has 17 heavy (non-hydrogen) atoms. The molecule has 0 aliphatic rings. The topological polar surface area (TPSA) is 15.3 Å². The third-order valence-electron chi connectivity index (χ3n) is 3.89.